The van der Waals surface area contributed by atoms with Crippen molar-refractivity contribution < 1.29 is 4.74 Å². The topological polar surface area (TPSA) is 37.4 Å². The predicted molar refractivity (Wildman–Crippen MR) is 87.9 cm³/mol. The van der Waals surface area contributed by atoms with Crippen LogP contribution in [-0.2, 0) is 4.74 Å². The number of aromatic nitrogens is 1. The molecule has 1 unspecified atom stereocenters. The zero-order valence-electron chi connectivity index (χ0n) is 13.5. The van der Waals surface area contributed by atoms with Crippen LogP contribution < -0.4 is 10.2 Å². The molecule has 1 atom stereocenters. The van der Waals surface area contributed by atoms with Crippen molar-refractivity contribution in [3.05, 3.63) is 10.6 Å². The summed E-state index contributed by atoms with van der Waals surface area (Å²) in [4.78, 5) is 8.38. The molecule has 20 heavy (non-hydrogen) atoms. The number of thiazole rings is 1. The SMILES string of the molecule is CCCNC(C)c1sc(N(CC)CCOCC)nc1C. The van der Waals surface area contributed by atoms with E-state index in [9.17, 15) is 0 Å². The number of nitrogens with one attached hydrogen (secondary N) is 1. The second-order valence-electron chi connectivity index (χ2n) is 4.90. The summed E-state index contributed by atoms with van der Waals surface area (Å²) in [6.07, 6.45) is 1.16. The fourth-order valence-corrected chi connectivity index (χ4v) is 3.27. The lowest BCUT2D eigenvalue weighted by Crippen LogP contribution is -2.27. The summed E-state index contributed by atoms with van der Waals surface area (Å²) in [5.74, 6) is 0. The molecule has 0 saturated heterocycles. The Labute approximate surface area is 127 Å². The molecule has 1 N–H and O–H groups in total. The second-order valence-corrected chi connectivity index (χ2v) is 5.91. The van der Waals surface area contributed by atoms with Gasteiger partial charge in [-0.3, -0.25) is 0 Å². The van der Waals surface area contributed by atoms with Crippen LogP contribution in [-0.4, -0.2) is 37.8 Å². The number of anilines is 1. The van der Waals surface area contributed by atoms with Gasteiger partial charge in [-0.25, -0.2) is 4.98 Å². The summed E-state index contributed by atoms with van der Waals surface area (Å²) in [5, 5.41) is 4.65. The number of aryl methyl sites for hydroxylation is 1. The molecule has 116 valence electrons. The summed E-state index contributed by atoms with van der Waals surface area (Å²) in [6, 6.07) is 0.381. The molecule has 1 aromatic rings. The zero-order chi connectivity index (χ0) is 15.0. The predicted octanol–water partition coefficient (Wildman–Crippen LogP) is 3.37. The monoisotopic (exact) mass is 299 g/mol. The van der Waals surface area contributed by atoms with Crippen LogP contribution in [0, 0.1) is 6.92 Å². The van der Waals surface area contributed by atoms with Crippen molar-refractivity contribution in [1.29, 1.82) is 0 Å². The van der Waals surface area contributed by atoms with Crippen molar-refractivity contribution >= 4 is 16.5 Å². The Morgan fingerprint density at radius 1 is 1.35 bits per heavy atom. The molecule has 4 nitrogen and oxygen atoms in total. The number of nitrogens with zero attached hydrogens (tertiary/aromatic N) is 2. The van der Waals surface area contributed by atoms with Gasteiger partial charge in [-0.1, -0.05) is 6.92 Å². The third-order valence-electron chi connectivity index (χ3n) is 3.28. The van der Waals surface area contributed by atoms with Crippen LogP contribution in [0.1, 0.15) is 50.7 Å². The van der Waals surface area contributed by atoms with E-state index in [1.807, 2.05) is 6.92 Å². The molecule has 1 aromatic heterocycles. The molecule has 0 aliphatic carbocycles. The Bertz CT molecular complexity index is 381. The van der Waals surface area contributed by atoms with Crippen LogP contribution in [0.5, 0.6) is 0 Å². The highest BCUT2D eigenvalue weighted by Crippen LogP contribution is 2.30. The molecule has 0 fully saturated rings. The van der Waals surface area contributed by atoms with Crippen LogP contribution in [0.15, 0.2) is 0 Å². The van der Waals surface area contributed by atoms with Gasteiger partial charge in [0.2, 0.25) is 0 Å². The summed E-state index contributed by atoms with van der Waals surface area (Å²) < 4.78 is 5.45. The van der Waals surface area contributed by atoms with Gasteiger partial charge >= 0.3 is 0 Å². The zero-order valence-corrected chi connectivity index (χ0v) is 14.3. The van der Waals surface area contributed by atoms with E-state index in [4.69, 9.17) is 9.72 Å². The second kappa shape index (κ2) is 9.32. The standard InChI is InChI=1S/C15H29N3OS/c1-6-9-16-12(4)14-13(5)17-15(20-14)18(7-2)10-11-19-8-3/h12,16H,6-11H2,1-5H3. The summed E-state index contributed by atoms with van der Waals surface area (Å²) in [5.41, 5.74) is 1.15. The average molecular weight is 299 g/mol. The maximum atomic E-state index is 5.45. The van der Waals surface area contributed by atoms with Gasteiger partial charge in [0.15, 0.2) is 5.13 Å². The number of rotatable bonds is 10. The van der Waals surface area contributed by atoms with Crippen molar-refractivity contribution in [3.8, 4) is 0 Å². The van der Waals surface area contributed by atoms with Gasteiger partial charge in [-0.05, 0) is 40.7 Å². The van der Waals surface area contributed by atoms with E-state index in [0.29, 0.717) is 6.04 Å². The van der Waals surface area contributed by atoms with E-state index in [-0.39, 0.29) is 0 Å². The third-order valence-corrected chi connectivity index (χ3v) is 4.68. The Morgan fingerprint density at radius 3 is 2.70 bits per heavy atom. The molecule has 0 aromatic carbocycles. The molecule has 5 heteroatoms. The molecule has 0 radical (unpaired) electrons. The molecule has 0 bridgehead atoms. The largest absolute Gasteiger partial charge is 0.380 e. The Kier molecular flexibility index (Phi) is 8.11. The first-order chi connectivity index (χ1) is 9.63. The average Bonchev–Trinajstić information content (AvgIpc) is 2.83. The minimum atomic E-state index is 0.381. The molecular weight excluding hydrogens is 270 g/mol. The number of ether oxygens (including phenoxy) is 1. The smallest absolute Gasteiger partial charge is 0.185 e. The van der Waals surface area contributed by atoms with Crippen LogP contribution in [0.2, 0.25) is 0 Å². The first-order valence-corrected chi connectivity index (χ1v) is 8.48. The molecular formula is C15H29N3OS. The molecule has 1 rings (SSSR count). The molecule has 0 saturated carbocycles. The quantitative estimate of drug-likeness (QED) is 0.672. The third kappa shape index (κ3) is 5.04. The first-order valence-electron chi connectivity index (χ1n) is 7.67. The van der Waals surface area contributed by atoms with Crippen LogP contribution in [0.25, 0.3) is 0 Å². The van der Waals surface area contributed by atoms with Gasteiger partial charge in [-0.15, -0.1) is 11.3 Å². The van der Waals surface area contributed by atoms with Crippen molar-refractivity contribution in [2.45, 2.75) is 47.1 Å². The van der Waals surface area contributed by atoms with E-state index in [1.165, 1.54) is 4.88 Å². The van der Waals surface area contributed by atoms with Crippen LogP contribution >= 0.6 is 11.3 Å². The van der Waals surface area contributed by atoms with Crippen molar-refractivity contribution in [3.63, 3.8) is 0 Å². The van der Waals surface area contributed by atoms with Crippen LogP contribution in [0.3, 0.4) is 0 Å². The minimum Gasteiger partial charge on any atom is -0.380 e. The number of hydrogen-bond donors (Lipinski definition) is 1. The van der Waals surface area contributed by atoms with Crippen molar-refractivity contribution in [1.82, 2.24) is 10.3 Å². The van der Waals surface area contributed by atoms with Gasteiger partial charge in [0.25, 0.3) is 0 Å². The minimum absolute atomic E-state index is 0.381. The highest BCUT2D eigenvalue weighted by molar-refractivity contribution is 7.15. The van der Waals surface area contributed by atoms with Crippen molar-refractivity contribution in [2.75, 3.05) is 37.7 Å². The summed E-state index contributed by atoms with van der Waals surface area (Å²) >= 11 is 1.81. The Balaban J connectivity index is 2.70. The van der Waals surface area contributed by atoms with E-state index < -0.39 is 0 Å². The van der Waals surface area contributed by atoms with E-state index in [0.717, 1.165) is 50.1 Å². The maximum absolute atomic E-state index is 5.45. The van der Waals surface area contributed by atoms with Gasteiger partial charge in [-0.2, -0.15) is 0 Å². The Hall–Kier alpha value is -0.650. The van der Waals surface area contributed by atoms with E-state index in [1.54, 1.807) is 11.3 Å². The van der Waals surface area contributed by atoms with Crippen LogP contribution in [0.4, 0.5) is 5.13 Å². The lowest BCUT2D eigenvalue weighted by Gasteiger charge is -2.19. The fourth-order valence-electron chi connectivity index (χ4n) is 2.09. The van der Waals surface area contributed by atoms with E-state index >= 15 is 0 Å². The van der Waals surface area contributed by atoms with Gasteiger partial charge in [0.1, 0.15) is 0 Å². The summed E-state index contributed by atoms with van der Waals surface area (Å²) in [7, 11) is 0. The highest BCUT2D eigenvalue weighted by Gasteiger charge is 2.16. The van der Waals surface area contributed by atoms with Gasteiger partial charge in [0, 0.05) is 30.6 Å². The normalized spacial score (nSPS) is 12.7. The lowest BCUT2D eigenvalue weighted by atomic mass is 10.2. The molecule has 0 aliphatic heterocycles. The van der Waals surface area contributed by atoms with Crippen molar-refractivity contribution in [2.24, 2.45) is 0 Å². The molecule has 0 aliphatic rings. The van der Waals surface area contributed by atoms with E-state index in [2.05, 4.69) is 37.9 Å². The molecule has 1 heterocycles. The van der Waals surface area contributed by atoms with Gasteiger partial charge < -0.3 is 15.0 Å². The lowest BCUT2D eigenvalue weighted by molar-refractivity contribution is 0.154. The van der Waals surface area contributed by atoms with Gasteiger partial charge in [0.05, 0.1) is 12.3 Å². The summed E-state index contributed by atoms with van der Waals surface area (Å²) in [6.45, 7) is 15.2. The molecule has 0 amide bonds. The first kappa shape index (κ1) is 17.4. The maximum Gasteiger partial charge on any atom is 0.185 e. The Morgan fingerprint density at radius 2 is 2.10 bits per heavy atom. The number of likely N-dealkylation sites (N-methyl/N-ethyl adjacent to an activating group) is 1. The number of hydrogen-bond acceptors (Lipinski definition) is 5. The molecule has 0 spiro atoms. The highest BCUT2D eigenvalue weighted by atomic mass is 32.1. The fraction of sp³-hybridized carbons (Fsp3) is 0.800.